The molecule has 3 N–H and O–H groups in total. The summed E-state index contributed by atoms with van der Waals surface area (Å²) in [6.07, 6.45) is 3.67. The lowest BCUT2D eigenvalue weighted by molar-refractivity contribution is 0.495. The van der Waals surface area contributed by atoms with Gasteiger partial charge in [0.1, 0.15) is 5.76 Å². The number of furan rings is 1. The van der Waals surface area contributed by atoms with E-state index in [1.54, 1.807) is 6.26 Å². The summed E-state index contributed by atoms with van der Waals surface area (Å²) in [5, 5.41) is 3.41. The Balaban J connectivity index is 1.85. The van der Waals surface area contributed by atoms with Crippen molar-refractivity contribution < 1.29 is 4.42 Å². The molecule has 2 aromatic rings. The van der Waals surface area contributed by atoms with Crippen molar-refractivity contribution in [1.82, 2.24) is 0 Å². The van der Waals surface area contributed by atoms with Crippen molar-refractivity contribution in [2.75, 3.05) is 11.1 Å². The van der Waals surface area contributed by atoms with Gasteiger partial charge in [-0.15, -0.1) is 0 Å². The van der Waals surface area contributed by atoms with Crippen molar-refractivity contribution in [2.45, 2.75) is 25.8 Å². The van der Waals surface area contributed by atoms with Gasteiger partial charge in [0, 0.05) is 12.5 Å². The van der Waals surface area contributed by atoms with Crippen LogP contribution < -0.4 is 11.1 Å². The second kappa shape index (κ2) is 5.43. The van der Waals surface area contributed by atoms with Crippen molar-refractivity contribution in [3.8, 4) is 0 Å². The summed E-state index contributed by atoms with van der Waals surface area (Å²) in [4.78, 5) is 0. The zero-order valence-electron chi connectivity index (χ0n) is 10.0. The van der Waals surface area contributed by atoms with E-state index in [1.165, 1.54) is 0 Å². The van der Waals surface area contributed by atoms with Gasteiger partial charge in [0.15, 0.2) is 0 Å². The van der Waals surface area contributed by atoms with Gasteiger partial charge >= 0.3 is 0 Å². The van der Waals surface area contributed by atoms with Crippen LogP contribution in [-0.2, 0) is 6.42 Å². The van der Waals surface area contributed by atoms with Crippen molar-refractivity contribution in [1.29, 1.82) is 0 Å². The molecule has 0 saturated heterocycles. The normalized spacial score (nSPS) is 12.3. The Kier molecular flexibility index (Phi) is 3.70. The summed E-state index contributed by atoms with van der Waals surface area (Å²) < 4.78 is 5.31. The maximum Gasteiger partial charge on any atom is 0.103 e. The molecular weight excluding hydrogens is 212 g/mol. The highest BCUT2D eigenvalue weighted by molar-refractivity contribution is 5.65. The highest BCUT2D eigenvalue weighted by Gasteiger charge is 2.05. The van der Waals surface area contributed by atoms with Gasteiger partial charge in [-0.1, -0.05) is 12.1 Å². The average molecular weight is 230 g/mol. The molecule has 0 saturated carbocycles. The third kappa shape index (κ3) is 3.28. The van der Waals surface area contributed by atoms with Crippen LogP contribution in [0, 0.1) is 0 Å². The third-order valence-corrected chi connectivity index (χ3v) is 2.77. The number of para-hydroxylation sites is 2. The van der Waals surface area contributed by atoms with Gasteiger partial charge in [-0.05, 0) is 37.6 Å². The fourth-order valence-corrected chi connectivity index (χ4v) is 1.78. The molecule has 90 valence electrons. The summed E-state index contributed by atoms with van der Waals surface area (Å²) in [7, 11) is 0. The topological polar surface area (TPSA) is 51.2 Å². The summed E-state index contributed by atoms with van der Waals surface area (Å²) in [5.41, 5.74) is 7.67. The molecule has 0 spiro atoms. The number of nitrogens with one attached hydrogen (secondary N) is 1. The molecule has 2 rings (SSSR count). The van der Waals surface area contributed by atoms with Gasteiger partial charge in [-0.25, -0.2) is 0 Å². The lowest BCUT2D eigenvalue weighted by Crippen LogP contribution is -2.16. The first-order valence-electron chi connectivity index (χ1n) is 5.89. The zero-order valence-corrected chi connectivity index (χ0v) is 10.0. The molecule has 0 aliphatic rings. The minimum atomic E-state index is 0.366. The summed E-state index contributed by atoms with van der Waals surface area (Å²) in [6.45, 7) is 2.15. The Hall–Kier alpha value is -1.90. The third-order valence-electron chi connectivity index (χ3n) is 2.77. The van der Waals surface area contributed by atoms with Crippen molar-refractivity contribution in [3.63, 3.8) is 0 Å². The zero-order chi connectivity index (χ0) is 12.1. The van der Waals surface area contributed by atoms with E-state index in [-0.39, 0.29) is 0 Å². The monoisotopic (exact) mass is 230 g/mol. The Morgan fingerprint density at radius 2 is 2.06 bits per heavy atom. The molecule has 3 nitrogen and oxygen atoms in total. The van der Waals surface area contributed by atoms with Gasteiger partial charge in [0.25, 0.3) is 0 Å². The minimum absolute atomic E-state index is 0.366. The standard InChI is InChI=1S/C14H18N2O/c1-11(8-9-12-5-4-10-17-12)16-14-7-3-2-6-13(14)15/h2-7,10-11,16H,8-9,15H2,1H3. The van der Waals surface area contributed by atoms with E-state index in [4.69, 9.17) is 10.2 Å². The van der Waals surface area contributed by atoms with Gasteiger partial charge in [-0.2, -0.15) is 0 Å². The van der Waals surface area contributed by atoms with Crippen molar-refractivity contribution in [3.05, 3.63) is 48.4 Å². The van der Waals surface area contributed by atoms with Crippen LogP contribution in [0.15, 0.2) is 47.1 Å². The number of hydrogen-bond donors (Lipinski definition) is 2. The minimum Gasteiger partial charge on any atom is -0.469 e. The predicted octanol–water partition coefficient (Wildman–Crippen LogP) is 3.30. The molecule has 3 heteroatoms. The first-order valence-corrected chi connectivity index (χ1v) is 5.89. The highest BCUT2D eigenvalue weighted by atomic mass is 16.3. The van der Waals surface area contributed by atoms with Crippen LogP contribution >= 0.6 is 0 Å². The molecule has 0 aliphatic carbocycles. The molecule has 17 heavy (non-hydrogen) atoms. The molecule has 1 heterocycles. The van der Waals surface area contributed by atoms with Crippen LogP contribution in [0.5, 0.6) is 0 Å². The van der Waals surface area contributed by atoms with Crippen LogP contribution in [0.2, 0.25) is 0 Å². The number of hydrogen-bond acceptors (Lipinski definition) is 3. The van der Waals surface area contributed by atoms with E-state index in [0.29, 0.717) is 6.04 Å². The van der Waals surface area contributed by atoms with E-state index in [0.717, 1.165) is 30.0 Å². The molecule has 0 aliphatic heterocycles. The Bertz CT molecular complexity index is 451. The fourth-order valence-electron chi connectivity index (χ4n) is 1.78. The molecule has 1 aromatic heterocycles. The molecule has 1 unspecified atom stereocenters. The van der Waals surface area contributed by atoms with Crippen LogP contribution in [0.3, 0.4) is 0 Å². The number of nitrogens with two attached hydrogens (primary N) is 1. The van der Waals surface area contributed by atoms with E-state index in [1.807, 2.05) is 36.4 Å². The van der Waals surface area contributed by atoms with Gasteiger partial charge in [0.05, 0.1) is 17.6 Å². The van der Waals surface area contributed by atoms with Crippen LogP contribution in [0.25, 0.3) is 0 Å². The number of aryl methyl sites for hydroxylation is 1. The molecule has 1 aromatic carbocycles. The molecule has 1 atom stereocenters. The Morgan fingerprint density at radius 3 is 2.76 bits per heavy atom. The molecule has 0 bridgehead atoms. The van der Waals surface area contributed by atoms with Crippen molar-refractivity contribution >= 4 is 11.4 Å². The maximum atomic E-state index is 5.88. The number of benzene rings is 1. The van der Waals surface area contributed by atoms with E-state index < -0.39 is 0 Å². The Labute approximate surface area is 102 Å². The number of nitrogen functional groups attached to an aromatic ring is 1. The van der Waals surface area contributed by atoms with Crippen molar-refractivity contribution in [2.24, 2.45) is 0 Å². The number of rotatable bonds is 5. The maximum absolute atomic E-state index is 5.88. The first kappa shape index (κ1) is 11.6. The average Bonchev–Trinajstić information content (AvgIpc) is 2.82. The lowest BCUT2D eigenvalue weighted by atomic mass is 10.1. The molecule has 0 amide bonds. The number of anilines is 2. The second-order valence-electron chi connectivity index (χ2n) is 4.25. The van der Waals surface area contributed by atoms with Gasteiger partial charge < -0.3 is 15.5 Å². The first-order chi connectivity index (χ1) is 8.25. The predicted molar refractivity (Wildman–Crippen MR) is 71.0 cm³/mol. The van der Waals surface area contributed by atoms with Crippen LogP contribution in [0.1, 0.15) is 19.1 Å². The second-order valence-corrected chi connectivity index (χ2v) is 4.25. The molecular formula is C14H18N2O. The fraction of sp³-hybridized carbons (Fsp3) is 0.286. The summed E-state index contributed by atoms with van der Waals surface area (Å²) in [6, 6.07) is 12.1. The summed E-state index contributed by atoms with van der Waals surface area (Å²) in [5.74, 6) is 1.03. The highest BCUT2D eigenvalue weighted by Crippen LogP contribution is 2.19. The smallest absolute Gasteiger partial charge is 0.103 e. The summed E-state index contributed by atoms with van der Waals surface area (Å²) >= 11 is 0. The largest absolute Gasteiger partial charge is 0.469 e. The van der Waals surface area contributed by atoms with Gasteiger partial charge in [-0.3, -0.25) is 0 Å². The SMILES string of the molecule is CC(CCc1ccco1)Nc1ccccc1N. The van der Waals surface area contributed by atoms with E-state index in [2.05, 4.69) is 12.2 Å². The molecule has 0 fully saturated rings. The van der Waals surface area contributed by atoms with E-state index in [9.17, 15) is 0 Å². The van der Waals surface area contributed by atoms with Crippen LogP contribution in [-0.4, -0.2) is 6.04 Å². The lowest BCUT2D eigenvalue weighted by Gasteiger charge is -2.16. The Morgan fingerprint density at radius 1 is 1.24 bits per heavy atom. The quantitative estimate of drug-likeness (QED) is 0.775. The van der Waals surface area contributed by atoms with Crippen LogP contribution in [0.4, 0.5) is 11.4 Å². The molecule has 0 radical (unpaired) electrons. The van der Waals surface area contributed by atoms with Gasteiger partial charge in [0.2, 0.25) is 0 Å². The van der Waals surface area contributed by atoms with E-state index >= 15 is 0 Å².